The van der Waals surface area contributed by atoms with Gasteiger partial charge < -0.3 is 4.43 Å². The summed E-state index contributed by atoms with van der Waals surface area (Å²) in [5.74, 6) is -6.20. The van der Waals surface area contributed by atoms with Gasteiger partial charge in [0.25, 0.3) is 9.76 Å². The van der Waals surface area contributed by atoms with Gasteiger partial charge in [-0.2, -0.15) is 30.7 Å². The quantitative estimate of drug-likeness (QED) is 0.553. The number of hydrogen-bond acceptors (Lipinski definition) is 1. The highest BCUT2D eigenvalue weighted by molar-refractivity contribution is 6.34. The molecule has 0 N–H and O–H groups in total. The van der Waals surface area contributed by atoms with Gasteiger partial charge in [-0.15, -0.1) is 0 Å². The predicted octanol–water partition coefficient (Wildman–Crippen LogP) is 2.95. The lowest BCUT2D eigenvalue weighted by molar-refractivity contribution is -0.403. The molecule has 0 atom stereocenters. The number of alkyl halides is 7. The van der Waals surface area contributed by atoms with Gasteiger partial charge >= 0.3 is 18.2 Å². The molecule has 0 bridgehead atoms. The molecule has 0 unspecified atom stereocenters. The van der Waals surface area contributed by atoms with Crippen molar-refractivity contribution in [3.8, 4) is 0 Å². The van der Waals surface area contributed by atoms with Crippen molar-refractivity contribution in [2.45, 2.75) is 25.1 Å². The summed E-state index contributed by atoms with van der Waals surface area (Å²) in [4.78, 5) is 0. The van der Waals surface area contributed by atoms with Crippen molar-refractivity contribution in [1.82, 2.24) is 0 Å². The van der Waals surface area contributed by atoms with Crippen LogP contribution in [-0.2, 0) is 4.43 Å². The Bertz CT molecular complexity index is 234. The summed E-state index contributed by atoms with van der Waals surface area (Å²) in [6, 6.07) is 0. The molecule has 15 heavy (non-hydrogen) atoms. The van der Waals surface area contributed by atoms with Crippen molar-refractivity contribution in [1.29, 1.82) is 0 Å². The summed E-state index contributed by atoms with van der Waals surface area (Å²) in [5, 5.41) is 0. The van der Waals surface area contributed by atoms with Crippen LogP contribution in [0.3, 0.4) is 0 Å². The average Bonchev–Trinajstić information content (AvgIpc) is 2.02. The molecule has 0 amide bonds. The number of halogens is 7. The number of hydrogen-bond donors (Lipinski definition) is 0. The first-order valence-corrected chi connectivity index (χ1v) is 4.42. The molecule has 1 nitrogen and oxygen atoms in total. The first kappa shape index (κ1) is 14.4. The van der Waals surface area contributed by atoms with Crippen LogP contribution in [-0.4, -0.2) is 28.0 Å². The van der Waals surface area contributed by atoms with Gasteiger partial charge in [-0.25, -0.2) is 0 Å². The van der Waals surface area contributed by atoms with Gasteiger partial charge in [0.05, 0.1) is 0 Å². The smallest absolute Gasteiger partial charge is 0.352 e. The van der Waals surface area contributed by atoms with Crippen molar-refractivity contribution < 1.29 is 35.2 Å². The predicted molar refractivity (Wildman–Crippen MR) is 37.6 cm³/mol. The molecule has 0 aliphatic rings. The zero-order valence-electron chi connectivity index (χ0n) is 7.21. The third-order valence-corrected chi connectivity index (χ3v) is 1.99. The maximum absolute atomic E-state index is 12.3. The molecule has 0 aromatic rings. The van der Waals surface area contributed by atoms with Gasteiger partial charge in [-0.3, -0.25) is 0 Å². The Morgan fingerprint density at radius 2 is 1.47 bits per heavy atom. The van der Waals surface area contributed by atoms with Crippen molar-refractivity contribution >= 4 is 9.76 Å². The minimum absolute atomic E-state index is 0.903. The first-order valence-electron chi connectivity index (χ1n) is 3.43. The fourth-order valence-electron chi connectivity index (χ4n) is 0.405. The van der Waals surface area contributed by atoms with Crippen LogP contribution in [0, 0.1) is 0 Å². The van der Waals surface area contributed by atoms with E-state index in [9.17, 15) is 30.7 Å². The summed E-state index contributed by atoms with van der Waals surface area (Å²) < 4.78 is 86.6. The van der Waals surface area contributed by atoms with Gasteiger partial charge in [-0.1, -0.05) is 11.8 Å². The van der Waals surface area contributed by atoms with Gasteiger partial charge in [0.1, 0.15) is 0 Å². The minimum Gasteiger partial charge on any atom is -0.352 e. The van der Waals surface area contributed by atoms with Crippen molar-refractivity contribution in [3.63, 3.8) is 0 Å². The van der Waals surface area contributed by atoms with Crippen molar-refractivity contribution in [2.24, 2.45) is 0 Å². The Kier molecular flexibility index (Phi) is 4.34. The fraction of sp³-hybridized carbons (Fsp3) is 0.667. The highest BCUT2D eigenvalue weighted by Gasteiger charge is 2.74. The number of rotatable bonds is 4. The summed E-state index contributed by atoms with van der Waals surface area (Å²) in [7, 11) is -1.27. The SMILES string of the molecule is CC=C[Si]OC(F)(F)C(F)(F)C(F)(F)F. The number of allylic oxidation sites excluding steroid dienone is 1. The van der Waals surface area contributed by atoms with E-state index in [0.717, 1.165) is 5.70 Å². The molecule has 0 aromatic carbocycles. The summed E-state index contributed by atoms with van der Waals surface area (Å²) in [6.07, 6.45) is -10.7. The molecular weight excluding hydrogens is 249 g/mol. The van der Waals surface area contributed by atoms with Crippen LogP contribution >= 0.6 is 0 Å². The molecule has 0 aromatic heterocycles. The first-order chi connectivity index (χ1) is 6.56. The Hall–Kier alpha value is -0.573. The Labute approximate surface area is 82.8 Å². The Balaban J connectivity index is 4.70. The second-order valence-corrected chi connectivity index (χ2v) is 3.08. The molecule has 0 aliphatic carbocycles. The second-order valence-electron chi connectivity index (χ2n) is 2.31. The summed E-state index contributed by atoms with van der Waals surface area (Å²) in [6.45, 7) is 1.37. The molecule has 9 heteroatoms. The molecule has 0 aliphatic heterocycles. The van der Waals surface area contributed by atoms with E-state index in [1.54, 1.807) is 0 Å². The molecule has 0 saturated carbocycles. The second kappa shape index (κ2) is 4.52. The van der Waals surface area contributed by atoms with E-state index < -0.39 is 28.0 Å². The molecule has 2 radical (unpaired) electrons. The Morgan fingerprint density at radius 3 is 1.80 bits per heavy atom. The zero-order valence-corrected chi connectivity index (χ0v) is 8.21. The van der Waals surface area contributed by atoms with E-state index in [2.05, 4.69) is 4.43 Å². The van der Waals surface area contributed by atoms with Crippen LogP contribution in [0.1, 0.15) is 6.92 Å². The molecular formula is C6H5F7OSi. The summed E-state index contributed by atoms with van der Waals surface area (Å²) in [5.41, 5.74) is 0.903. The van der Waals surface area contributed by atoms with Gasteiger partial charge in [0, 0.05) is 0 Å². The largest absolute Gasteiger partial charge is 0.462 e. The normalized spacial score (nSPS) is 14.9. The molecule has 0 fully saturated rings. The maximum atomic E-state index is 12.3. The third kappa shape index (κ3) is 3.19. The van der Waals surface area contributed by atoms with Crippen molar-refractivity contribution in [3.05, 3.63) is 11.8 Å². The highest BCUT2D eigenvalue weighted by atomic mass is 28.2. The summed E-state index contributed by atoms with van der Waals surface area (Å²) >= 11 is 0. The van der Waals surface area contributed by atoms with E-state index in [4.69, 9.17) is 0 Å². The maximum Gasteiger partial charge on any atom is 0.462 e. The molecule has 0 spiro atoms. The van der Waals surface area contributed by atoms with E-state index in [-0.39, 0.29) is 0 Å². The monoisotopic (exact) mass is 254 g/mol. The van der Waals surface area contributed by atoms with Crippen LogP contribution in [0.4, 0.5) is 30.7 Å². The highest BCUT2D eigenvalue weighted by Crippen LogP contribution is 2.46. The molecule has 0 saturated heterocycles. The minimum atomic E-state index is -6.35. The molecule has 88 valence electrons. The zero-order chi connectivity index (χ0) is 12.3. The Morgan fingerprint density at radius 1 is 1.00 bits per heavy atom. The lowest BCUT2D eigenvalue weighted by Crippen LogP contribution is -2.53. The lowest BCUT2D eigenvalue weighted by atomic mass is 10.3. The molecule has 0 rings (SSSR count). The van der Waals surface area contributed by atoms with Crippen molar-refractivity contribution in [2.75, 3.05) is 0 Å². The molecule has 0 heterocycles. The van der Waals surface area contributed by atoms with E-state index >= 15 is 0 Å². The van der Waals surface area contributed by atoms with Gasteiger partial charge in [0.15, 0.2) is 0 Å². The topological polar surface area (TPSA) is 9.23 Å². The average molecular weight is 254 g/mol. The van der Waals surface area contributed by atoms with E-state index in [1.165, 1.54) is 13.0 Å². The standard InChI is InChI=1S/C6H5F7OSi/c1-2-3-15-14-6(12,13)4(7,8)5(9,10)11/h2-3H,1H3. The van der Waals surface area contributed by atoms with Gasteiger partial charge in [0.2, 0.25) is 0 Å². The van der Waals surface area contributed by atoms with Crippen LogP contribution < -0.4 is 0 Å². The van der Waals surface area contributed by atoms with Gasteiger partial charge in [-0.05, 0) is 6.92 Å². The van der Waals surface area contributed by atoms with Crippen LogP contribution in [0.2, 0.25) is 0 Å². The third-order valence-electron chi connectivity index (χ3n) is 1.14. The van der Waals surface area contributed by atoms with Crippen LogP contribution in [0.25, 0.3) is 0 Å². The van der Waals surface area contributed by atoms with E-state index in [0.29, 0.717) is 0 Å². The van der Waals surface area contributed by atoms with Crippen LogP contribution in [0.15, 0.2) is 11.8 Å². The fourth-order valence-corrected chi connectivity index (χ4v) is 0.885. The lowest BCUT2D eigenvalue weighted by Gasteiger charge is -2.27. The van der Waals surface area contributed by atoms with E-state index in [1.807, 2.05) is 0 Å². The van der Waals surface area contributed by atoms with Crippen LogP contribution in [0.5, 0.6) is 0 Å².